The van der Waals surface area contributed by atoms with E-state index in [4.69, 9.17) is 17.3 Å². The van der Waals surface area contributed by atoms with Crippen molar-refractivity contribution in [3.8, 4) is 0 Å². The smallest absolute Gasteiger partial charge is 0.270 e. The van der Waals surface area contributed by atoms with Crippen LogP contribution >= 0.6 is 27.5 Å². The number of rotatable bonds is 3. The van der Waals surface area contributed by atoms with Gasteiger partial charge in [0.05, 0.1) is 21.2 Å². The number of nitrogen functional groups attached to an aromatic ring is 1. The molecule has 3 N–H and O–H groups in total. The Morgan fingerprint density at radius 2 is 2.00 bits per heavy atom. The van der Waals surface area contributed by atoms with E-state index in [2.05, 4.69) is 21.2 Å². The molecule has 0 aliphatic heterocycles. The molecule has 0 saturated carbocycles. The first-order chi connectivity index (χ1) is 9.88. The lowest BCUT2D eigenvalue weighted by molar-refractivity contribution is -0.384. The molecular weight excluding hydrogens is 362 g/mol. The number of hydrogen-bond acceptors (Lipinski definition) is 4. The number of anilines is 2. The quantitative estimate of drug-likeness (QED) is 0.487. The first-order valence-electron chi connectivity index (χ1n) is 5.69. The normalized spacial score (nSPS) is 10.2. The molecule has 0 aliphatic rings. The number of carbonyl (C=O) groups excluding carboxylic acids is 1. The van der Waals surface area contributed by atoms with Gasteiger partial charge in [-0.2, -0.15) is 0 Å². The summed E-state index contributed by atoms with van der Waals surface area (Å²) in [7, 11) is 0. The van der Waals surface area contributed by atoms with Crippen LogP contribution in [0.4, 0.5) is 17.1 Å². The van der Waals surface area contributed by atoms with E-state index in [9.17, 15) is 14.9 Å². The molecule has 0 unspecified atom stereocenters. The molecule has 0 atom stereocenters. The minimum atomic E-state index is -0.594. The summed E-state index contributed by atoms with van der Waals surface area (Å²) in [5.74, 6) is -0.569. The summed E-state index contributed by atoms with van der Waals surface area (Å²) < 4.78 is 0.764. The predicted octanol–water partition coefficient (Wildman–Crippen LogP) is 3.85. The van der Waals surface area contributed by atoms with Gasteiger partial charge in [0.1, 0.15) is 0 Å². The number of hydrogen-bond donors (Lipinski definition) is 2. The molecule has 0 fully saturated rings. The Bertz CT molecular complexity index is 737. The Hall–Kier alpha value is -2.12. The van der Waals surface area contributed by atoms with Crippen LogP contribution in [0.1, 0.15) is 10.4 Å². The molecule has 2 aromatic carbocycles. The van der Waals surface area contributed by atoms with Crippen LogP contribution in [0.2, 0.25) is 5.02 Å². The summed E-state index contributed by atoms with van der Waals surface area (Å²) in [6, 6.07) is 8.61. The molecule has 21 heavy (non-hydrogen) atoms. The summed E-state index contributed by atoms with van der Waals surface area (Å²) in [6.45, 7) is 0. The summed E-state index contributed by atoms with van der Waals surface area (Å²) in [5, 5.41) is 13.6. The van der Waals surface area contributed by atoms with E-state index in [0.29, 0.717) is 10.7 Å². The molecule has 8 heteroatoms. The van der Waals surface area contributed by atoms with Gasteiger partial charge < -0.3 is 11.1 Å². The average Bonchev–Trinajstić information content (AvgIpc) is 2.42. The summed E-state index contributed by atoms with van der Waals surface area (Å²) in [6.07, 6.45) is 0. The van der Waals surface area contributed by atoms with Gasteiger partial charge in [-0.05, 0) is 24.3 Å². The van der Waals surface area contributed by atoms with Gasteiger partial charge in [0.25, 0.3) is 11.6 Å². The van der Waals surface area contributed by atoms with Crippen molar-refractivity contribution in [3.05, 3.63) is 61.6 Å². The third-order valence-corrected chi connectivity index (χ3v) is 3.48. The second-order valence-corrected chi connectivity index (χ2v) is 5.43. The van der Waals surface area contributed by atoms with Crippen molar-refractivity contribution in [2.45, 2.75) is 0 Å². The Balaban J connectivity index is 2.32. The number of benzene rings is 2. The van der Waals surface area contributed by atoms with Crippen LogP contribution in [0.25, 0.3) is 0 Å². The zero-order chi connectivity index (χ0) is 15.6. The molecule has 2 rings (SSSR count). The maximum atomic E-state index is 12.2. The average molecular weight is 371 g/mol. The van der Waals surface area contributed by atoms with Crippen molar-refractivity contribution in [2.24, 2.45) is 0 Å². The van der Waals surface area contributed by atoms with E-state index in [1.54, 1.807) is 18.2 Å². The van der Waals surface area contributed by atoms with Gasteiger partial charge >= 0.3 is 0 Å². The van der Waals surface area contributed by atoms with Crippen LogP contribution in [0, 0.1) is 10.1 Å². The molecule has 0 spiro atoms. The number of halogens is 2. The van der Waals surface area contributed by atoms with Gasteiger partial charge in [-0.15, -0.1) is 0 Å². The molecule has 0 aromatic heterocycles. The molecule has 2 aromatic rings. The van der Waals surface area contributed by atoms with Crippen LogP contribution in [-0.4, -0.2) is 10.8 Å². The molecule has 6 nitrogen and oxygen atoms in total. The Kier molecular flexibility index (Phi) is 4.44. The molecular formula is C13H9BrClN3O3. The van der Waals surface area contributed by atoms with Crippen LogP contribution in [-0.2, 0) is 0 Å². The molecule has 108 valence electrons. The number of non-ortho nitro benzene ring substituents is 1. The molecule has 0 heterocycles. The zero-order valence-electron chi connectivity index (χ0n) is 10.5. The van der Waals surface area contributed by atoms with Crippen LogP contribution in [0.3, 0.4) is 0 Å². The maximum Gasteiger partial charge on any atom is 0.270 e. The molecule has 0 bridgehead atoms. The third kappa shape index (κ3) is 3.50. The van der Waals surface area contributed by atoms with Gasteiger partial charge in [0.15, 0.2) is 0 Å². The second-order valence-electron chi connectivity index (χ2n) is 4.11. The number of carbonyl (C=O) groups is 1. The standard InChI is InChI=1S/C13H9BrClN3O3/c14-7-1-4-12(10(15)5-7)17-13(19)9-6-8(18(20)21)2-3-11(9)16/h1-6H,16H2,(H,17,19). The molecule has 1 amide bonds. The third-order valence-electron chi connectivity index (χ3n) is 2.67. The summed E-state index contributed by atoms with van der Waals surface area (Å²) in [5.41, 5.74) is 6.02. The van der Waals surface area contributed by atoms with E-state index in [1.807, 2.05) is 0 Å². The molecule has 0 saturated heterocycles. The highest BCUT2D eigenvalue weighted by Gasteiger charge is 2.16. The van der Waals surface area contributed by atoms with Crippen molar-refractivity contribution in [3.63, 3.8) is 0 Å². The van der Waals surface area contributed by atoms with Crippen LogP contribution in [0.15, 0.2) is 40.9 Å². The minimum absolute atomic E-state index is 0.0168. The van der Waals surface area contributed by atoms with Crippen LogP contribution < -0.4 is 11.1 Å². The van der Waals surface area contributed by atoms with Crippen molar-refractivity contribution < 1.29 is 9.72 Å². The maximum absolute atomic E-state index is 12.2. The minimum Gasteiger partial charge on any atom is -0.398 e. The Morgan fingerprint density at radius 3 is 2.62 bits per heavy atom. The fourth-order valence-electron chi connectivity index (χ4n) is 1.63. The highest BCUT2D eigenvalue weighted by atomic mass is 79.9. The highest BCUT2D eigenvalue weighted by Crippen LogP contribution is 2.27. The first-order valence-corrected chi connectivity index (χ1v) is 6.86. The van der Waals surface area contributed by atoms with E-state index in [0.717, 1.165) is 10.5 Å². The SMILES string of the molecule is Nc1ccc([N+](=O)[O-])cc1C(=O)Nc1ccc(Br)cc1Cl. The van der Waals surface area contributed by atoms with E-state index >= 15 is 0 Å². The van der Waals surface area contributed by atoms with Crippen molar-refractivity contribution in [1.82, 2.24) is 0 Å². The topological polar surface area (TPSA) is 98.3 Å². The number of amides is 1. The van der Waals surface area contributed by atoms with Crippen LogP contribution in [0.5, 0.6) is 0 Å². The number of nitro groups is 1. The van der Waals surface area contributed by atoms with Gasteiger partial charge in [0.2, 0.25) is 0 Å². The number of nitrogens with zero attached hydrogens (tertiary/aromatic N) is 1. The number of nitro benzene ring substituents is 1. The highest BCUT2D eigenvalue weighted by molar-refractivity contribution is 9.10. The van der Waals surface area contributed by atoms with E-state index < -0.39 is 10.8 Å². The lowest BCUT2D eigenvalue weighted by Gasteiger charge is -2.09. The van der Waals surface area contributed by atoms with Gasteiger partial charge in [-0.25, -0.2) is 0 Å². The summed E-state index contributed by atoms with van der Waals surface area (Å²) in [4.78, 5) is 22.3. The van der Waals surface area contributed by atoms with E-state index in [1.165, 1.54) is 12.1 Å². The molecule has 0 aliphatic carbocycles. The van der Waals surface area contributed by atoms with Gasteiger partial charge in [-0.1, -0.05) is 27.5 Å². The fraction of sp³-hybridized carbons (Fsp3) is 0. The lowest BCUT2D eigenvalue weighted by atomic mass is 10.1. The first kappa shape index (κ1) is 15.3. The van der Waals surface area contributed by atoms with Gasteiger partial charge in [0, 0.05) is 22.3 Å². The Morgan fingerprint density at radius 1 is 1.29 bits per heavy atom. The summed E-state index contributed by atoms with van der Waals surface area (Å²) >= 11 is 9.25. The lowest BCUT2D eigenvalue weighted by Crippen LogP contribution is -2.14. The second kappa shape index (κ2) is 6.11. The number of nitrogens with two attached hydrogens (primary N) is 1. The monoisotopic (exact) mass is 369 g/mol. The van der Waals surface area contributed by atoms with Crippen molar-refractivity contribution >= 4 is 50.5 Å². The van der Waals surface area contributed by atoms with E-state index in [-0.39, 0.29) is 16.9 Å². The molecule has 0 radical (unpaired) electrons. The van der Waals surface area contributed by atoms with Gasteiger partial charge in [-0.3, -0.25) is 14.9 Å². The van der Waals surface area contributed by atoms with Crippen molar-refractivity contribution in [1.29, 1.82) is 0 Å². The van der Waals surface area contributed by atoms with Crippen molar-refractivity contribution in [2.75, 3.05) is 11.1 Å². The predicted molar refractivity (Wildman–Crippen MR) is 84.6 cm³/mol. The zero-order valence-corrected chi connectivity index (χ0v) is 12.8. The number of nitrogens with one attached hydrogen (secondary N) is 1. The largest absolute Gasteiger partial charge is 0.398 e. The fourth-order valence-corrected chi connectivity index (χ4v) is 2.36. The Labute approximate surface area is 133 Å².